The van der Waals surface area contributed by atoms with Crippen LogP contribution < -0.4 is 4.57 Å². The van der Waals surface area contributed by atoms with Crippen LogP contribution in [-0.4, -0.2) is 13.8 Å². The summed E-state index contributed by atoms with van der Waals surface area (Å²) in [5.41, 5.74) is 8.18. The molecule has 0 N–H and O–H groups in total. The molecule has 0 unspecified atom stereocenters. The second-order valence-corrected chi connectivity index (χ2v) is 6.91. The molecular weight excluding hydrogens is 320 g/mol. The van der Waals surface area contributed by atoms with E-state index in [1.54, 1.807) is 0 Å². The molecule has 6 rings (SSSR count). The number of benzene rings is 3. The van der Waals surface area contributed by atoms with Gasteiger partial charge in [0.2, 0.25) is 0 Å². The summed E-state index contributed by atoms with van der Waals surface area (Å²) < 4.78 is 6.87. The number of rotatable bonds is 0. The summed E-state index contributed by atoms with van der Waals surface area (Å²) in [4.78, 5) is 5.00. The van der Waals surface area contributed by atoms with Crippen molar-refractivity contribution in [2.45, 2.75) is 6.92 Å². The summed E-state index contributed by atoms with van der Waals surface area (Å²) in [6, 6.07) is 23.4. The highest BCUT2D eigenvalue weighted by molar-refractivity contribution is 6.00. The first-order valence-electron chi connectivity index (χ1n) is 8.83. The molecule has 0 saturated carbocycles. The van der Waals surface area contributed by atoms with E-state index in [-0.39, 0.29) is 0 Å². The van der Waals surface area contributed by atoms with Crippen molar-refractivity contribution in [2.75, 3.05) is 0 Å². The third-order valence-corrected chi connectivity index (χ3v) is 5.47. The van der Waals surface area contributed by atoms with Crippen molar-refractivity contribution in [2.24, 2.45) is 7.05 Å². The number of hydrogen-bond acceptors (Lipinski definition) is 1. The van der Waals surface area contributed by atoms with Crippen LogP contribution in [0.15, 0.2) is 66.7 Å². The van der Waals surface area contributed by atoms with Crippen molar-refractivity contribution in [3.8, 4) is 0 Å². The van der Waals surface area contributed by atoms with Gasteiger partial charge in [-0.25, -0.2) is 4.57 Å². The van der Waals surface area contributed by atoms with Crippen LogP contribution in [-0.2, 0) is 7.05 Å². The second-order valence-electron chi connectivity index (χ2n) is 6.91. The minimum absolute atomic E-state index is 0.955. The monoisotopic (exact) mass is 337 g/mol. The van der Waals surface area contributed by atoms with Gasteiger partial charge >= 0.3 is 5.78 Å². The molecule has 0 aliphatic heterocycles. The van der Waals surface area contributed by atoms with Gasteiger partial charge in [-0.15, -0.1) is 0 Å². The van der Waals surface area contributed by atoms with Crippen LogP contribution in [0.1, 0.15) is 5.56 Å². The van der Waals surface area contributed by atoms with E-state index in [9.17, 15) is 0 Å². The molecule has 0 amide bonds. The van der Waals surface area contributed by atoms with Gasteiger partial charge in [-0.2, -0.15) is 9.38 Å². The molecule has 3 aromatic carbocycles. The summed E-state index contributed by atoms with van der Waals surface area (Å²) in [5.74, 6) is 0.955. The van der Waals surface area contributed by atoms with Crippen LogP contribution in [0.3, 0.4) is 0 Å². The Hall–Kier alpha value is -3.40. The lowest BCUT2D eigenvalue weighted by Gasteiger charge is -2.06. The van der Waals surface area contributed by atoms with Crippen LogP contribution in [0.2, 0.25) is 0 Å². The van der Waals surface area contributed by atoms with Crippen molar-refractivity contribution < 1.29 is 4.57 Å². The summed E-state index contributed by atoms with van der Waals surface area (Å²) in [7, 11) is 2.14. The molecule has 3 aromatic heterocycles. The zero-order chi connectivity index (χ0) is 17.4. The van der Waals surface area contributed by atoms with E-state index in [2.05, 4.69) is 88.0 Å². The van der Waals surface area contributed by atoms with E-state index < -0.39 is 0 Å². The Morgan fingerprint density at radius 1 is 0.769 bits per heavy atom. The largest absolute Gasteiger partial charge is 0.312 e. The Morgan fingerprint density at radius 2 is 1.50 bits per heavy atom. The minimum atomic E-state index is 0.955. The van der Waals surface area contributed by atoms with Crippen LogP contribution >= 0.6 is 0 Å². The number of aryl methyl sites for hydroxylation is 2. The van der Waals surface area contributed by atoms with Gasteiger partial charge in [0.1, 0.15) is 0 Å². The van der Waals surface area contributed by atoms with Gasteiger partial charge in [0.15, 0.2) is 11.0 Å². The zero-order valence-corrected chi connectivity index (χ0v) is 14.6. The molecule has 0 aliphatic carbocycles. The van der Waals surface area contributed by atoms with Gasteiger partial charge in [0, 0.05) is 0 Å². The fourth-order valence-corrected chi connectivity index (χ4v) is 4.33. The zero-order valence-electron chi connectivity index (χ0n) is 14.6. The molecule has 3 heterocycles. The molecule has 0 fully saturated rings. The van der Waals surface area contributed by atoms with Crippen molar-refractivity contribution in [1.29, 1.82) is 0 Å². The maximum absolute atomic E-state index is 5.00. The standard InChI is InChI=1S/C22H17N4/c1-14-8-7-13-19-20(14)21-24(2)17-11-5-6-12-18(17)26(21)22-23-15-9-3-4-10-16(15)25(19)22/h3-13H,1-2H3/q+1. The van der Waals surface area contributed by atoms with Crippen molar-refractivity contribution in [3.05, 3.63) is 72.3 Å². The predicted molar refractivity (Wildman–Crippen MR) is 105 cm³/mol. The Kier molecular flexibility index (Phi) is 2.45. The Morgan fingerprint density at radius 3 is 2.38 bits per heavy atom. The summed E-state index contributed by atoms with van der Waals surface area (Å²) >= 11 is 0. The van der Waals surface area contributed by atoms with Gasteiger partial charge in [-0.05, 0) is 42.8 Å². The molecule has 124 valence electrons. The van der Waals surface area contributed by atoms with E-state index in [1.807, 2.05) is 6.07 Å². The highest BCUT2D eigenvalue weighted by Crippen LogP contribution is 2.30. The van der Waals surface area contributed by atoms with Crippen LogP contribution in [0, 0.1) is 6.92 Å². The first-order chi connectivity index (χ1) is 12.8. The topological polar surface area (TPSA) is 25.6 Å². The van der Waals surface area contributed by atoms with Crippen LogP contribution in [0.5, 0.6) is 0 Å². The van der Waals surface area contributed by atoms with Crippen LogP contribution in [0.4, 0.5) is 0 Å². The molecule has 0 saturated heterocycles. The number of hydrogen-bond donors (Lipinski definition) is 0. The molecule has 0 radical (unpaired) electrons. The summed E-state index contributed by atoms with van der Waals surface area (Å²) in [6.45, 7) is 2.19. The number of para-hydroxylation sites is 4. The average Bonchev–Trinajstić information content (AvgIpc) is 3.19. The third-order valence-electron chi connectivity index (χ3n) is 5.47. The number of fused-ring (bicyclic) bond motifs is 10. The SMILES string of the molecule is Cc1cccc2c1c1n(c3ccccc3[n+]1C)c1nc3ccccc3n21. The van der Waals surface area contributed by atoms with E-state index in [0.29, 0.717) is 0 Å². The fourth-order valence-electron chi connectivity index (χ4n) is 4.33. The van der Waals surface area contributed by atoms with Gasteiger partial charge < -0.3 is 0 Å². The highest BCUT2D eigenvalue weighted by Gasteiger charge is 2.26. The number of imidazole rings is 2. The fraction of sp³-hybridized carbons (Fsp3) is 0.0909. The lowest BCUT2D eigenvalue weighted by atomic mass is 10.1. The molecule has 4 nitrogen and oxygen atoms in total. The summed E-state index contributed by atoms with van der Waals surface area (Å²) in [5, 5.41) is 1.27. The lowest BCUT2D eigenvalue weighted by Crippen LogP contribution is -2.27. The molecule has 0 spiro atoms. The summed E-state index contributed by atoms with van der Waals surface area (Å²) in [6.07, 6.45) is 0. The molecule has 26 heavy (non-hydrogen) atoms. The quantitative estimate of drug-likeness (QED) is 0.382. The van der Waals surface area contributed by atoms with Crippen molar-refractivity contribution in [1.82, 2.24) is 13.8 Å². The molecule has 6 aromatic rings. The van der Waals surface area contributed by atoms with Gasteiger partial charge in [-0.3, -0.25) is 4.40 Å². The Bertz CT molecular complexity index is 1500. The lowest BCUT2D eigenvalue weighted by molar-refractivity contribution is -0.617. The van der Waals surface area contributed by atoms with E-state index in [4.69, 9.17) is 4.98 Å². The molecule has 4 heteroatoms. The highest BCUT2D eigenvalue weighted by atomic mass is 15.2. The predicted octanol–water partition coefficient (Wildman–Crippen LogP) is 4.18. The van der Waals surface area contributed by atoms with E-state index in [0.717, 1.165) is 16.8 Å². The van der Waals surface area contributed by atoms with Gasteiger partial charge in [-0.1, -0.05) is 36.4 Å². The third kappa shape index (κ3) is 1.50. The van der Waals surface area contributed by atoms with Gasteiger partial charge in [0.25, 0.3) is 5.65 Å². The van der Waals surface area contributed by atoms with Gasteiger partial charge in [0.05, 0.1) is 29.0 Å². The van der Waals surface area contributed by atoms with Crippen molar-refractivity contribution >= 4 is 44.4 Å². The van der Waals surface area contributed by atoms with E-state index >= 15 is 0 Å². The first-order valence-corrected chi connectivity index (χ1v) is 8.83. The average molecular weight is 337 g/mol. The molecule has 0 aliphatic rings. The minimum Gasteiger partial charge on any atom is -0.258 e. The van der Waals surface area contributed by atoms with Crippen molar-refractivity contribution in [3.63, 3.8) is 0 Å². The number of aromatic nitrogens is 4. The Balaban J connectivity index is 2.12. The van der Waals surface area contributed by atoms with E-state index in [1.165, 1.54) is 33.1 Å². The Labute approximate surface area is 149 Å². The van der Waals surface area contributed by atoms with Crippen LogP contribution in [0.25, 0.3) is 44.4 Å². The maximum Gasteiger partial charge on any atom is 0.312 e. The molecule has 0 bridgehead atoms. The smallest absolute Gasteiger partial charge is 0.258 e. The molecular formula is C22H17N4+. The maximum atomic E-state index is 5.00. The second kappa shape index (κ2) is 4.61. The number of nitrogens with zero attached hydrogens (tertiary/aromatic N) is 4. The normalized spacial score (nSPS) is 12.2. The first kappa shape index (κ1) is 13.8. The molecule has 0 atom stereocenters.